The number of benzene rings is 1. The van der Waals surface area contributed by atoms with Crippen molar-refractivity contribution in [1.82, 2.24) is 5.32 Å². The maximum Gasteiger partial charge on any atom is 0.244 e. The van der Waals surface area contributed by atoms with Gasteiger partial charge in [0.2, 0.25) is 5.91 Å². The van der Waals surface area contributed by atoms with Crippen LogP contribution in [0.2, 0.25) is 0 Å². The van der Waals surface area contributed by atoms with Crippen molar-refractivity contribution in [2.24, 2.45) is 0 Å². The van der Waals surface area contributed by atoms with Crippen LogP contribution in [-0.2, 0) is 11.3 Å². The molecule has 0 saturated carbocycles. The second-order valence-corrected chi connectivity index (χ2v) is 4.08. The Morgan fingerprint density at radius 1 is 1.26 bits per heavy atom. The van der Waals surface area contributed by atoms with E-state index in [1.54, 1.807) is 6.08 Å². The zero-order valence-electron chi connectivity index (χ0n) is 10.9. The summed E-state index contributed by atoms with van der Waals surface area (Å²) in [6.45, 7) is 3.51. The van der Waals surface area contributed by atoms with Crippen molar-refractivity contribution < 1.29 is 14.3 Å². The summed E-state index contributed by atoms with van der Waals surface area (Å²) in [5.74, 6) is 1.38. The van der Waals surface area contributed by atoms with Crippen molar-refractivity contribution in [1.29, 1.82) is 0 Å². The Morgan fingerprint density at radius 3 is 2.84 bits per heavy atom. The molecule has 19 heavy (non-hydrogen) atoms. The number of ether oxygens (including phenoxy) is 2. The number of nitrogens with one attached hydrogen (secondary N) is 1. The summed E-state index contributed by atoms with van der Waals surface area (Å²) < 4.78 is 10.9. The van der Waals surface area contributed by atoms with Gasteiger partial charge in [0.05, 0.1) is 0 Å². The Morgan fingerprint density at radius 2 is 2.05 bits per heavy atom. The van der Waals surface area contributed by atoms with E-state index in [9.17, 15) is 4.79 Å². The second kappa shape index (κ2) is 6.64. The third-order valence-electron chi connectivity index (χ3n) is 2.62. The number of hydrogen-bond acceptors (Lipinski definition) is 3. The lowest BCUT2D eigenvalue weighted by atomic mass is 10.2. The smallest absolute Gasteiger partial charge is 0.244 e. The third-order valence-corrected chi connectivity index (χ3v) is 2.62. The number of rotatable bonds is 4. The van der Waals surface area contributed by atoms with E-state index in [0.717, 1.165) is 17.1 Å². The summed E-state index contributed by atoms with van der Waals surface area (Å²) in [5, 5.41) is 2.81. The summed E-state index contributed by atoms with van der Waals surface area (Å²) >= 11 is 0. The fraction of sp³-hybridized carbons (Fsp3) is 0.267. The van der Waals surface area contributed by atoms with Crippen LogP contribution in [-0.4, -0.2) is 19.1 Å². The van der Waals surface area contributed by atoms with Crippen LogP contribution in [0, 0.1) is 0 Å². The molecular weight excluding hydrogens is 242 g/mol. The van der Waals surface area contributed by atoms with Gasteiger partial charge in [0.1, 0.15) is 13.2 Å². The largest absolute Gasteiger partial charge is 0.486 e. The summed E-state index contributed by atoms with van der Waals surface area (Å²) in [6, 6.07) is 5.68. The molecule has 4 nitrogen and oxygen atoms in total. The lowest BCUT2D eigenvalue weighted by Crippen LogP contribution is -2.20. The van der Waals surface area contributed by atoms with Crippen LogP contribution >= 0.6 is 0 Å². The second-order valence-electron chi connectivity index (χ2n) is 4.08. The summed E-state index contributed by atoms with van der Waals surface area (Å²) in [7, 11) is 0. The molecule has 0 spiro atoms. The van der Waals surface area contributed by atoms with Crippen LogP contribution < -0.4 is 14.8 Å². The molecule has 1 N–H and O–H groups in total. The fourth-order valence-corrected chi connectivity index (χ4v) is 1.70. The van der Waals surface area contributed by atoms with Gasteiger partial charge in [-0.1, -0.05) is 24.3 Å². The highest BCUT2D eigenvalue weighted by molar-refractivity contribution is 5.87. The Bertz CT molecular complexity index is 506. The van der Waals surface area contributed by atoms with E-state index in [0.29, 0.717) is 19.8 Å². The lowest BCUT2D eigenvalue weighted by molar-refractivity contribution is -0.116. The highest BCUT2D eigenvalue weighted by atomic mass is 16.6. The summed E-state index contributed by atoms with van der Waals surface area (Å²) in [5.41, 5.74) is 0.983. The number of carbonyl (C=O) groups is 1. The monoisotopic (exact) mass is 259 g/mol. The molecule has 0 atom stereocenters. The summed E-state index contributed by atoms with van der Waals surface area (Å²) in [6.07, 6.45) is 6.88. The van der Waals surface area contributed by atoms with Crippen molar-refractivity contribution in [2.75, 3.05) is 13.2 Å². The van der Waals surface area contributed by atoms with Crippen LogP contribution in [0.4, 0.5) is 0 Å². The maximum absolute atomic E-state index is 11.5. The maximum atomic E-state index is 11.5. The Hall–Kier alpha value is -2.23. The van der Waals surface area contributed by atoms with E-state index in [1.165, 1.54) is 6.08 Å². The van der Waals surface area contributed by atoms with Gasteiger partial charge in [0, 0.05) is 12.6 Å². The van der Waals surface area contributed by atoms with Gasteiger partial charge >= 0.3 is 0 Å². The van der Waals surface area contributed by atoms with Crippen molar-refractivity contribution in [3.8, 4) is 11.5 Å². The molecule has 0 fully saturated rings. The molecule has 0 aliphatic carbocycles. The number of allylic oxidation sites excluding steroid dienone is 3. The van der Waals surface area contributed by atoms with E-state index in [1.807, 2.05) is 37.3 Å². The average molecular weight is 259 g/mol. The highest BCUT2D eigenvalue weighted by Crippen LogP contribution is 2.30. The van der Waals surface area contributed by atoms with Gasteiger partial charge in [-0.2, -0.15) is 0 Å². The first-order chi connectivity index (χ1) is 9.29. The van der Waals surface area contributed by atoms with E-state index >= 15 is 0 Å². The predicted octanol–water partition coefficient (Wildman–Crippen LogP) is 2.21. The van der Waals surface area contributed by atoms with Gasteiger partial charge in [0.25, 0.3) is 0 Å². The van der Waals surface area contributed by atoms with Crippen molar-refractivity contribution in [3.05, 3.63) is 48.1 Å². The van der Waals surface area contributed by atoms with Gasteiger partial charge in [-0.25, -0.2) is 0 Å². The summed E-state index contributed by atoms with van der Waals surface area (Å²) in [4.78, 5) is 11.5. The first-order valence-corrected chi connectivity index (χ1v) is 6.25. The number of carbonyl (C=O) groups excluding carboxylic acids is 1. The molecule has 0 bridgehead atoms. The Balaban J connectivity index is 1.91. The van der Waals surface area contributed by atoms with E-state index in [-0.39, 0.29) is 5.91 Å². The van der Waals surface area contributed by atoms with Crippen molar-refractivity contribution in [3.63, 3.8) is 0 Å². The van der Waals surface area contributed by atoms with Crippen LogP contribution in [0.3, 0.4) is 0 Å². The third kappa shape index (κ3) is 3.88. The normalized spacial score (nSPS) is 13.9. The zero-order valence-corrected chi connectivity index (χ0v) is 10.9. The minimum Gasteiger partial charge on any atom is -0.486 e. The highest BCUT2D eigenvalue weighted by Gasteiger charge is 2.11. The van der Waals surface area contributed by atoms with E-state index in [4.69, 9.17) is 9.47 Å². The minimum atomic E-state index is -0.118. The topological polar surface area (TPSA) is 47.6 Å². The molecular formula is C15H17NO3. The van der Waals surface area contributed by atoms with E-state index in [2.05, 4.69) is 5.32 Å². The molecule has 2 rings (SSSR count). The van der Waals surface area contributed by atoms with Crippen LogP contribution in [0.5, 0.6) is 11.5 Å². The van der Waals surface area contributed by atoms with Crippen LogP contribution in [0.1, 0.15) is 12.5 Å². The minimum absolute atomic E-state index is 0.118. The van der Waals surface area contributed by atoms with Crippen LogP contribution in [0.25, 0.3) is 0 Å². The molecule has 0 radical (unpaired) electrons. The molecule has 1 aliphatic heterocycles. The Labute approximate surface area is 112 Å². The van der Waals surface area contributed by atoms with Gasteiger partial charge in [-0.05, 0) is 24.6 Å². The quantitative estimate of drug-likeness (QED) is 0.666. The molecule has 1 aromatic carbocycles. The van der Waals surface area contributed by atoms with Gasteiger partial charge in [-0.15, -0.1) is 0 Å². The zero-order chi connectivity index (χ0) is 13.5. The molecule has 1 heterocycles. The lowest BCUT2D eigenvalue weighted by Gasteiger charge is -2.18. The molecule has 1 aromatic rings. The van der Waals surface area contributed by atoms with Crippen molar-refractivity contribution >= 4 is 5.91 Å². The molecule has 1 amide bonds. The molecule has 0 unspecified atom stereocenters. The average Bonchev–Trinajstić information content (AvgIpc) is 2.45. The molecule has 0 aromatic heterocycles. The molecule has 0 saturated heterocycles. The number of amides is 1. The standard InChI is InChI=1S/C15H17NO3/c1-2-3-4-5-15(17)16-11-12-6-7-13-14(10-12)19-9-8-18-13/h2-7,10H,8-9,11H2,1H3,(H,16,17)/b3-2+,5-4+. The van der Waals surface area contributed by atoms with Crippen LogP contribution in [0.15, 0.2) is 42.5 Å². The van der Waals surface area contributed by atoms with E-state index < -0.39 is 0 Å². The van der Waals surface area contributed by atoms with Gasteiger partial charge in [-0.3, -0.25) is 4.79 Å². The predicted molar refractivity (Wildman–Crippen MR) is 73.2 cm³/mol. The first-order valence-electron chi connectivity index (χ1n) is 6.25. The number of fused-ring (bicyclic) bond motifs is 1. The first kappa shape index (κ1) is 13.2. The van der Waals surface area contributed by atoms with Crippen molar-refractivity contribution in [2.45, 2.75) is 13.5 Å². The number of hydrogen-bond donors (Lipinski definition) is 1. The SMILES string of the molecule is C/C=C/C=C/C(=O)NCc1ccc2c(c1)OCCO2. The molecule has 100 valence electrons. The Kier molecular flexibility index (Phi) is 4.61. The molecule has 1 aliphatic rings. The molecule has 4 heteroatoms. The van der Waals surface area contributed by atoms with Gasteiger partial charge < -0.3 is 14.8 Å². The van der Waals surface area contributed by atoms with Gasteiger partial charge in [0.15, 0.2) is 11.5 Å². The fourth-order valence-electron chi connectivity index (χ4n) is 1.70.